The van der Waals surface area contributed by atoms with Crippen LogP contribution in [-0.4, -0.2) is 61.5 Å². The molecular formula is C14H30N2O2. The zero-order chi connectivity index (χ0) is 13.6. The predicted octanol–water partition coefficient (Wildman–Crippen LogP) is 1.09. The number of hydrogen-bond donors (Lipinski definition) is 2. The molecule has 1 aliphatic rings. The molecule has 4 nitrogen and oxygen atoms in total. The molecule has 1 fully saturated rings. The number of rotatable bonds is 6. The number of likely N-dealkylation sites (tertiary alicyclic amines) is 1. The number of nitrogens with zero attached hydrogens (tertiary/aromatic N) is 1. The summed E-state index contributed by atoms with van der Waals surface area (Å²) in [4.78, 5) is 2.34. The Bertz CT molecular complexity index is 220. The third-order valence-electron chi connectivity index (χ3n) is 3.46. The van der Waals surface area contributed by atoms with Crippen LogP contribution >= 0.6 is 0 Å². The molecule has 1 atom stereocenters. The van der Waals surface area contributed by atoms with Gasteiger partial charge >= 0.3 is 0 Å². The quantitative estimate of drug-likeness (QED) is 0.749. The van der Waals surface area contributed by atoms with Gasteiger partial charge in [-0.3, -0.25) is 0 Å². The highest BCUT2D eigenvalue weighted by Crippen LogP contribution is 2.17. The van der Waals surface area contributed by atoms with Crippen molar-refractivity contribution in [2.24, 2.45) is 5.92 Å². The maximum atomic E-state index is 9.70. The van der Waals surface area contributed by atoms with Crippen LogP contribution in [0.25, 0.3) is 0 Å². The fourth-order valence-electron chi connectivity index (χ4n) is 2.37. The summed E-state index contributed by atoms with van der Waals surface area (Å²) in [6.45, 7) is 11.1. The zero-order valence-corrected chi connectivity index (χ0v) is 12.4. The van der Waals surface area contributed by atoms with E-state index in [0.717, 1.165) is 32.1 Å². The van der Waals surface area contributed by atoms with Gasteiger partial charge in [-0.25, -0.2) is 0 Å². The van der Waals surface area contributed by atoms with Gasteiger partial charge < -0.3 is 20.1 Å². The number of nitrogens with one attached hydrogen (secondary N) is 1. The molecule has 1 saturated heterocycles. The summed E-state index contributed by atoms with van der Waals surface area (Å²) in [5, 5.41) is 13.3. The van der Waals surface area contributed by atoms with Gasteiger partial charge in [0.2, 0.25) is 0 Å². The van der Waals surface area contributed by atoms with Crippen molar-refractivity contribution in [2.45, 2.75) is 45.3 Å². The van der Waals surface area contributed by atoms with Gasteiger partial charge in [0.05, 0.1) is 12.7 Å². The normalized spacial score (nSPS) is 21.2. The number of aliphatic hydroxyl groups excluding tert-OH is 1. The SMILES string of the molecule is COCC(O)CN1CCC(CNC(C)(C)C)CC1. The lowest BCUT2D eigenvalue weighted by Crippen LogP contribution is -2.44. The minimum absolute atomic E-state index is 0.214. The van der Waals surface area contributed by atoms with E-state index in [0.29, 0.717) is 6.61 Å². The maximum Gasteiger partial charge on any atom is 0.0900 e. The van der Waals surface area contributed by atoms with Crippen LogP contribution in [0, 0.1) is 5.92 Å². The highest BCUT2D eigenvalue weighted by molar-refractivity contribution is 4.78. The van der Waals surface area contributed by atoms with Crippen LogP contribution in [-0.2, 0) is 4.74 Å². The van der Waals surface area contributed by atoms with Crippen molar-refractivity contribution in [3.05, 3.63) is 0 Å². The topological polar surface area (TPSA) is 44.7 Å². The van der Waals surface area contributed by atoms with Crippen molar-refractivity contribution < 1.29 is 9.84 Å². The summed E-state index contributed by atoms with van der Waals surface area (Å²) in [7, 11) is 1.63. The molecule has 108 valence electrons. The lowest BCUT2D eigenvalue weighted by Gasteiger charge is -2.34. The van der Waals surface area contributed by atoms with E-state index in [1.807, 2.05) is 0 Å². The van der Waals surface area contributed by atoms with Crippen LogP contribution in [0.3, 0.4) is 0 Å². The largest absolute Gasteiger partial charge is 0.389 e. The Morgan fingerprint density at radius 2 is 1.94 bits per heavy atom. The predicted molar refractivity (Wildman–Crippen MR) is 74.8 cm³/mol. The van der Waals surface area contributed by atoms with Gasteiger partial charge in [0, 0.05) is 19.2 Å². The summed E-state index contributed by atoms with van der Waals surface area (Å²) < 4.78 is 4.96. The molecule has 4 heteroatoms. The second kappa shape index (κ2) is 7.43. The number of piperidine rings is 1. The molecule has 0 amide bonds. The highest BCUT2D eigenvalue weighted by Gasteiger charge is 2.22. The molecule has 0 aromatic rings. The number of hydrogen-bond acceptors (Lipinski definition) is 4. The summed E-state index contributed by atoms with van der Waals surface area (Å²) in [5.74, 6) is 0.778. The van der Waals surface area contributed by atoms with E-state index in [1.165, 1.54) is 12.8 Å². The molecule has 0 saturated carbocycles. The van der Waals surface area contributed by atoms with Crippen LogP contribution in [0.4, 0.5) is 0 Å². The van der Waals surface area contributed by atoms with E-state index in [2.05, 4.69) is 31.0 Å². The first kappa shape index (κ1) is 15.9. The third kappa shape index (κ3) is 6.69. The number of β-amino-alcohol motifs (C(OH)–C–C–N with tert-alkyl or cyclic N) is 1. The first-order chi connectivity index (χ1) is 8.40. The van der Waals surface area contributed by atoms with Gasteiger partial charge in [-0.05, 0) is 59.2 Å². The molecule has 1 unspecified atom stereocenters. The fraction of sp³-hybridized carbons (Fsp3) is 1.00. The van der Waals surface area contributed by atoms with Crippen LogP contribution in [0.2, 0.25) is 0 Å². The Labute approximate surface area is 112 Å². The second-order valence-corrected chi connectivity index (χ2v) is 6.48. The molecule has 2 N–H and O–H groups in total. The Hall–Kier alpha value is -0.160. The van der Waals surface area contributed by atoms with E-state index < -0.39 is 0 Å². The van der Waals surface area contributed by atoms with Crippen LogP contribution in [0.15, 0.2) is 0 Å². The van der Waals surface area contributed by atoms with E-state index in [-0.39, 0.29) is 11.6 Å². The standard InChI is InChI=1S/C14H30N2O2/c1-14(2,3)15-9-12-5-7-16(8-6-12)10-13(17)11-18-4/h12-13,15,17H,5-11H2,1-4H3. The van der Waals surface area contributed by atoms with Gasteiger partial charge in [0.25, 0.3) is 0 Å². The van der Waals surface area contributed by atoms with Crippen LogP contribution in [0.1, 0.15) is 33.6 Å². The lowest BCUT2D eigenvalue weighted by molar-refractivity contribution is 0.0290. The Balaban J connectivity index is 2.16. The van der Waals surface area contributed by atoms with E-state index >= 15 is 0 Å². The molecule has 0 radical (unpaired) electrons. The maximum absolute atomic E-state index is 9.70. The van der Waals surface area contributed by atoms with Crippen molar-refractivity contribution in [3.8, 4) is 0 Å². The first-order valence-corrected chi connectivity index (χ1v) is 7.05. The molecule has 0 bridgehead atoms. The lowest BCUT2D eigenvalue weighted by atomic mass is 9.95. The van der Waals surface area contributed by atoms with Gasteiger partial charge in [-0.1, -0.05) is 0 Å². The third-order valence-corrected chi connectivity index (χ3v) is 3.46. The Kier molecular flexibility index (Phi) is 6.57. The molecule has 0 spiro atoms. The molecule has 1 rings (SSSR count). The van der Waals surface area contributed by atoms with Gasteiger partial charge in [-0.15, -0.1) is 0 Å². The van der Waals surface area contributed by atoms with Crippen molar-refractivity contribution in [2.75, 3.05) is 39.9 Å². The van der Waals surface area contributed by atoms with Crippen LogP contribution in [0.5, 0.6) is 0 Å². The van der Waals surface area contributed by atoms with E-state index in [1.54, 1.807) is 7.11 Å². The molecule has 0 aromatic carbocycles. The summed E-state index contributed by atoms with van der Waals surface area (Å²) in [6.07, 6.45) is 2.10. The zero-order valence-electron chi connectivity index (χ0n) is 12.4. The Morgan fingerprint density at radius 3 is 2.44 bits per heavy atom. The second-order valence-electron chi connectivity index (χ2n) is 6.48. The monoisotopic (exact) mass is 258 g/mol. The number of methoxy groups -OCH3 is 1. The van der Waals surface area contributed by atoms with Crippen LogP contribution < -0.4 is 5.32 Å². The average molecular weight is 258 g/mol. The van der Waals surface area contributed by atoms with E-state index in [9.17, 15) is 5.11 Å². The van der Waals surface area contributed by atoms with Crippen molar-refractivity contribution >= 4 is 0 Å². The molecule has 18 heavy (non-hydrogen) atoms. The van der Waals surface area contributed by atoms with E-state index in [4.69, 9.17) is 4.74 Å². The molecule has 1 heterocycles. The fourth-order valence-corrected chi connectivity index (χ4v) is 2.37. The molecule has 0 aliphatic carbocycles. The summed E-state index contributed by atoms with van der Waals surface area (Å²) in [6, 6.07) is 0. The average Bonchev–Trinajstić information content (AvgIpc) is 2.27. The summed E-state index contributed by atoms with van der Waals surface area (Å²) in [5.41, 5.74) is 0.214. The Morgan fingerprint density at radius 1 is 1.33 bits per heavy atom. The van der Waals surface area contributed by atoms with Gasteiger partial charge in [0.1, 0.15) is 0 Å². The van der Waals surface area contributed by atoms with Crippen molar-refractivity contribution in [1.29, 1.82) is 0 Å². The molecule has 1 aliphatic heterocycles. The number of aliphatic hydroxyl groups is 1. The molecular weight excluding hydrogens is 228 g/mol. The van der Waals surface area contributed by atoms with Crippen molar-refractivity contribution in [1.82, 2.24) is 10.2 Å². The smallest absolute Gasteiger partial charge is 0.0900 e. The number of ether oxygens (including phenoxy) is 1. The van der Waals surface area contributed by atoms with Gasteiger partial charge in [-0.2, -0.15) is 0 Å². The first-order valence-electron chi connectivity index (χ1n) is 7.05. The minimum Gasteiger partial charge on any atom is -0.389 e. The van der Waals surface area contributed by atoms with Gasteiger partial charge in [0.15, 0.2) is 0 Å². The van der Waals surface area contributed by atoms with Crippen molar-refractivity contribution in [3.63, 3.8) is 0 Å². The highest BCUT2D eigenvalue weighted by atomic mass is 16.5. The molecule has 0 aromatic heterocycles. The minimum atomic E-state index is -0.348. The summed E-state index contributed by atoms with van der Waals surface area (Å²) >= 11 is 0.